The van der Waals surface area contributed by atoms with Crippen molar-refractivity contribution in [3.63, 3.8) is 0 Å². The molecule has 12 nitrogen and oxygen atoms in total. The van der Waals surface area contributed by atoms with Crippen molar-refractivity contribution >= 4 is 27.5 Å². The fourth-order valence-electron chi connectivity index (χ4n) is 6.47. The normalized spacial score (nSPS) is 15.7. The van der Waals surface area contributed by atoms with Crippen LogP contribution in [0.5, 0.6) is 5.88 Å². The Labute approximate surface area is 317 Å². The predicted molar refractivity (Wildman–Crippen MR) is 192 cm³/mol. The Kier molecular flexibility index (Phi) is 10.6. The average Bonchev–Trinajstić information content (AvgIpc) is 3.73. The fourth-order valence-corrected chi connectivity index (χ4v) is 6.93. The van der Waals surface area contributed by atoms with Crippen molar-refractivity contribution in [2.75, 3.05) is 18.1 Å². The Hall–Kier alpha value is -5.64. The lowest BCUT2D eigenvalue weighted by Crippen LogP contribution is -2.35. The van der Waals surface area contributed by atoms with Gasteiger partial charge in [0.15, 0.2) is 5.65 Å². The minimum Gasteiger partial charge on any atom is -0.482 e. The predicted octanol–water partition coefficient (Wildman–Crippen LogP) is 6.37. The second-order valence-electron chi connectivity index (χ2n) is 14.5. The molecule has 0 saturated heterocycles. The number of carbonyl (C=O) groups excluding carboxylic acids is 1. The van der Waals surface area contributed by atoms with Crippen molar-refractivity contribution in [2.24, 2.45) is 11.3 Å². The summed E-state index contributed by atoms with van der Waals surface area (Å²) in [4.78, 5) is 18.7. The molecule has 19 heteroatoms. The van der Waals surface area contributed by atoms with Crippen molar-refractivity contribution in [3.05, 3.63) is 88.0 Å². The fraction of sp³-hybridized carbons (Fsp3) is 0.378. The van der Waals surface area contributed by atoms with Gasteiger partial charge in [0.1, 0.15) is 35.3 Å². The van der Waals surface area contributed by atoms with Crippen LogP contribution in [0.1, 0.15) is 74.1 Å². The van der Waals surface area contributed by atoms with E-state index < -0.39 is 75.2 Å². The number of alkyl halides is 4. The van der Waals surface area contributed by atoms with Crippen molar-refractivity contribution in [1.29, 1.82) is 0 Å². The Balaban J connectivity index is 1.53. The highest BCUT2D eigenvalue weighted by molar-refractivity contribution is 7.92. The summed E-state index contributed by atoms with van der Waals surface area (Å²) in [6.45, 7) is 5.90. The summed E-state index contributed by atoms with van der Waals surface area (Å²) in [5.41, 5.74) is -1.48. The van der Waals surface area contributed by atoms with E-state index in [2.05, 4.69) is 37.2 Å². The van der Waals surface area contributed by atoms with Gasteiger partial charge in [-0.3, -0.25) is 14.2 Å². The van der Waals surface area contributed by atoms with E-state index in [4.69, 9.17) is 9.72 Å². The Bertz CT molecular complexity index is 2500. The number of nitrogens with zero attached hydrogens (tertiary/aromatic N) is 6. The molecule has 1 aliphatic rings. The van der Waals surface area contributed by atoms with E-state index in [1.807, 2.05) is 20.8 Å². The lowest BCUT2D eigenvalue weighted by Gasteiger charge is -2.23. The molecule has 0 fully saturated rings. The number of methoxy groups -OCH3 is 1. The number of carbonyl (C=O) groups is 1. The number of fused-ring (bicyclic) bond motifs is 2. The van der Waals surface area contributed by atoms with Crippen LogP contribution < -0.4 is 14.8 Å². The van der Waals surface area contributed by atoms with Crippen LogP contribution in [-0.4, -0.2) is 57.1 Å². The molecule has 4 aromatic heterocycles. The molecule has 6 rings (SSSR count). The molecule has 0 aliphatic heterocycles. The minimum atomic E-state index is -3.85. The quantitative estimate of drug-likeness (QED) is 0.116. The number of hydrogen-bond donors (Lipinski definition) is 2. The van der Waals surface area contributed by atoms with Gasteiger partial charge in [0.05, 0.1) is 25.1 Å². The lowest BCUT2D eigenvalue weighted by atomic mass is 9.94. The third-order valence-electron chi connectivity index (χ3n) is 8.84. The van der Waals surface area contributed by atoms with Crippen molar-refractivity contribution in [2.45, 2.75) is 65.5 Å². The van der Waals surface area contributed by atoms with Crippen molar-refractivity contribution < 1.29 is 44.3 Å². The zero-order chi connectivity index (χ0) is 40.9. The number of nitrogens with one attached hydrogen (secondary N) is 2. The van der Waals surface area contributed by atoms with Gasteiger partial charge in [-0.15, -0.1) is 10.2 Å². The third-order valence-corrected chi connectivity index (χ3v) is 9.39. The number of pyridine rings is 2. The molecular weight excluding hydrogens is 767 g/mol. The summed E-state index contributed by atoms with van der Waals surface area (Å²) in [5, 5.41) is 14.6. The summed E-state index contributed by atoms with van der Waals surface area (Å²) in [7, 11) is -2.51. The van der Waals surface area contributed by atoms with Gasteiger partial charge in [-0.1, -0.05) is 12.8 Å². The first-order chi connectivity index (χ1) is 26.1. The molecule has 2 unspecified atom stereocenters. The number of hydrogen-bond acceptors (Lipinski definition) is 8. The zero-order valence-electron chi connectivity index (χ0n) is 30.9. The lowest BCUT2D eigenvalue weighted by molar-refractivity contribution is -0.123. The molecule has 1 aliphatic carbocycles. The van der Waals surface area contributed by atoms with Gasteiger partial charge < -0.3 is 10.1 Å². The standard InChI is InChI=1S/C37H36F6N8O4S/c1-19-13-26-31(33(40)41)48-50(32(26)37(19,42)43)18-28(52)45-27(16-20-14-21(38)17-22(39)15-20)30-24(8-7-23(44-30)11-12-36(2,3)4)25-9-10-29(55-5)51-34(25)46-47-35(51)49-56(6,53)54/h7-10,14-15,17,19,27,33H,13,16,18H2,1-6H3,(H,45,52)(H,47,49). The molecule has 1 aromatic carbocycles. The van der Waals surface area contributed by atoms with E-state index in [0.29, 0.717) is 10.7 Å². The maximum absolute atomic E-state index is 15.3. The molecule has 0 spiro atoms. The van der Waals surface area contributed by atoms with Crippen LogP contribution in [0.2, 0.25) is 0 Å². The van der Waals surface area contributed by atoms with Crippen LogP contribution in [0.3, 0.4) is 0 Å². The molecule has 1 amide bonds. The largest absolute Gasteiger partial charge is 0.482 e. The summed E-state index contributed by atoms with van der Waals surface area (Å²) in [6.07, 6.45) is -2.95. The Morgan fingerprint density at radius 3 is 2.36 bits per heavy atom. The van der Waals surface area contributed by atoms with Gasteiger partial charge in [-0.05, 0) is 81.5 Å². The molecule has 56 heavy (non-hydrogen) atoms. The third kappa shape index (κ3) is 8.29. The number of rotatable bonds is 11. The number of anilines is 1. The van der Waals surface area contributed by atoms with Gasteiger partial charge in [0.2, 0.25) is 27.8 Å². The van der Waals surface area contributed by atoms with E-state index in [1.54, 1.807) is 18.2 Å². The van der Waals surface area contributed by atoms with E-state index in [-0.39, 0.29) is 64.0 Å². The molecule has 4 heterocycles. The highest BCUT2D eigenvalue weighted by atomic mass is 32.2. The second-order valence-corrected chi connectivity index (χ2v) is 16.2. The number of sulfonamides is 1. The van der Waals surface area contributed by atoms with Gasteiger partial charge >= 0.3 is 0 Å². The van der Waals surface area contributed by atoms with Gasteiger partial charge in [0, 0.05) is 34.1 Å². The first-order valence-corrected chi connectivity index (χ1v) is 19.0. The Morgan fingerprint density at radius 2 is 1.73 bits per heavy atom. The van der Waals surface area contributed by atoms with E-state index in [0.717, 1.165) is 18.4 Å². The number of halogens is 6. The first kappa shape index (κ1) is 40.0. The van der Waals surface area contributed by atoms with Crippen LogP contribution >= 0.6 is 0 Å². The summed E-state index contributed by atoms with van der Waals surface area (Å²) >= 11 is 0. The summed E-state index contributed by atoms with van der Waals surface area (Å²) in [6, 6.07) is 7.68. The van der Waals surface area contributed by atoms with Crippen molar-refractivity contribution in [3.8, 4) is 28.8 Å². The Morgan fingerprint density at radius 1 is 1.05 bits per heavy atom. The van der Waals surface area contributed by atoms with Crippen LogP contribution in [0.4, 0.5) is 32.3 Å². The topological polar surface area (TPSA) is 145 Å². The molecule has 0 saturated carbocycles. The maximum atomic E-state index is 15.3. The highest BCUT2D eigenvalue weighted by Crippen LogP contribution is 2.48. The number of benzene rings is 1. The molecular formula is C37H36F6N8O4S. The van der Waals surface area contributed by atoms with Crippen molar-refractivity contribution in [1.82, 2.24) is 34.7 Å². The summed E-state index contributed by atoms with van der Waals surface area (Å²) < 4.78 is 122. The highest BCUT2D eigenvalue weighted by Gasteiger charge is 2.51. The molecule has 296 valence electrons. The first-order valence-electron chi connectivity index (χ1n) is 17.1. The number of ether oxygens (including phenoxy) is 1. The molecule has 5 aromatic rings. The van der Waals surface area contributed by atoms with Gasteiger partial charge in [-0.25, -0.2) is 35.4 Å². The van der Waals surface area contributed by atoms with Gasteiger partial charge in [-0.2, -0.15) is 13.9 Å². The van der Waals surface area contributed by atoms with Crippen LogP contribution in [0.15, 0.2) is 42.5 Å². The van der Waals surface area contributed by atoms with E-state index in [9.17, 15) is 30.8 Å². The van der Waals surface area contributed by atoms with E-state index in [1.165, 1.54) is 24.5 Å². The van der Waals surface area contributed by atoms with Gasteiger partial charge in [0.25, 0.3) is 12.3 Å². The zero-order valence-corrected chi connectivity index (χ0v) is 31.7. The maximum Gasteiger partial charge on any atom is 0.292 e. The summed E-state index contributed by atoms with van der Waals surface area (Å²) in [5.74, 6) is -1.73. The van der Waals surface area contributed by atoms with E-state index >= 15 is 8.78 Å². The minimum absolute atomic E-state index is 0.0639. The van der Waals surface area contributed by atoms with Crippen LogP contribution in [0.25, 0.3) is 16.8 Å². The monoisotopic (exact) mass is 802 g/mol. The smallest absolute Gasteiger partial charge is 0.292 e. The average molecular weight is 803 g/mol. The van der Waals surface area contributed by atoms with Crippen LogP contribution in [0, 0.1) is 34.8 Å². The molecule has 2 atom stereocenters. The molecule has 2 N–H and O–H groups in total. The molecule has 0 radical (unpaired) electrons. The number of aromatic nitrogens is 6. The molecule has 0 bridgehead atoms. The number of amides is 1. The van der Waals surface area contributed by atoms with Crippen LogP contribution in [-0.2, 0) is 40.1 Å². The second kappa shape index (κ2) is 14.8. The SMILES string of the molecule is COc1ccc(-c2ccc(C#CC(C)(C)C)nc2C(Cc2cc(F)cc(F)c2)NC(=O)Cn2nc(C(F)F)c3c2C(F)(F)C(C)C3)c2nnc(NS(C)(=O)=O)n12.